The summed E-state index contributed by atoms with van der Waals surface area (Å²) in [7, 11) is 0. The van der Waals surface area contributed by atoms with Gasteiger partial charge in [0.15, 0.2) is 0 Å². The van der Waals surface area contributed by atoms with Crippen LogP contribution in [-0.2, 0) is 13.0 Å². The third-order valence-electron chi connectivity index (χ3n) is 3.13. The Morgan fingerprint density at radius 1 is 1.29 bits per heavy atom. The Hall–Kier alpha value is -0.910. The number of fused-ring (bicyclic) bond motifs is 1. The van der Waals surface area contributed by atoms with E-state index >= 15 is 0 Å². The molecule has 1 aliphatic rings. The first kappa shape index (κ1) is 11.2. The highest BCUT2D eigenvalue weighted by Crippen LogP contribution is 2.30. The summed E-state index contributed by atoms with van der Waals surface area (Å²) in [5.74, 6) is -0.204. The van der Waals surface area contributed by atoms with E-state index in [4.69, 9.17) is 0 Å². The van der Waals surface area contributed by atoms with Gasteiger partial charge in [-0.15, -0.1) is 0 Å². The minimum Gasteiger partial charge on any atom is -0.268 e. The van der Waals surface area contributed by atoms with Crippen molar-refractivity contribution >= 4 is 22.6 Å². The summed E-state index contributed by atoms with van der Waals surface area (Å²) in [5, 5.41) is 4.60. The van der Waals surface area contributed by atoms with E-state index in [1.807, 2.05) is 6.07 Å². The lowest BCUT2D eigenvalue weighted by molar-refractivity contribution is 0.486. The van der Waals surface area contributed by atoms with Gasteiger partial charge in [0.05, 0.1) is 9.26 Å². The van der Waals surface area contributed by atoms with Gasteiger partial charge in [-0.05, 0) is 54.0 Å². The molecule has 2 nitrogen and oxygen atoms in total. The van der Waals surface area contributed by atoms with Crippen LogP contribution in [0.25, 0.3) is 11.3 Å². The highest BCUT2D eigenvalue weighted by Gasteiger charge is 2.19. The molecule has 0 saturated carbocycles. The molecule has 3 rings (SSSR count). The molecule has 4 heteroatoms. The van der Waals surface area contributed by atoms with E-state index in [-0.39, 0.29) is 5.82 Å². The molecule has 88 valence electrons. The molecule has 0 bridgehead atoms. The fraction of sp³-hybridized carbons (Fsp3) is 0.308. The molecule has 0 fully saturated rings. The maximum absolute atomic E-state index is 13.2. The molecule has 0 aliphatic carbocycles. The Kier molecular flexibility index (Phi) is 2.90. The van der Waals surface area contributed by atoms with Gasteiger partial charge in [-0.25, -0.2) is 4.39 Å². The minimum absolute atomic E-state index is 0.204. The Labute approximate surface area is 113 Å². The number of rotatable bonds is 1. The van der Waals surface area contributed by atoms with Gasteiger partial charge in [-0.3, -0.25) is 4.68 Å². The van der Waals surface area contributed by atoms with Crippen LogP contribution in [0.4, 0.5) is 4.39 Å². The number of aryl methyl sites for hydroxylation is 1. The second-order valence-electron chi connectivity index (χ2n) is 4.30. The monoisotopic (exact) mass is 342 g/mol. The Bertz CT molecular complexity index is 563. The summed E-state index contributed by atoms with van der Waals surface area (Å²) >= 11 is 2.33. The van der Waals surface area contributed by atoms with Gasteiger partial charge in [-0.1, -0.05) is 12.1 Å². The van der Waals surface area contributed by atoms with Crippen molar-refractivity contribution in [3.05, 3.63) is 39.3 Å². The molecule has 0 saturated heterocycles. The van der Waals surface area contributed by atoms with Gasteiger partial charge in [-0.2, -0.15) is 5.10 Å². The van der Waals surface area contributed by atoms with Crippen LogP contribution in [0, 0.1) is 9.39 Å². The highest BCUT2D eigenvalue weighted by molar-refractivity contribution is 14.1. The molecule has 2 heterocycles. The zero-order chi connectivity index (χ0) is 11.8. The topological polar surface area (TPSA) is 17.8 Å². The number of nitrogens with zero attached hydrogens (tertiary/aromatic N) is 2. The highest BCUT2D eigenvalue weighted by atomic mass is 127. The van der Waals surface area contributed by atoms with Gasteiger partial charge in [0.2, 0.25) is 0 Å². The number of benzene rings is 1. The second-order valence-corrected chi connectivity index (χ2v) is 5.38. The fourth-order valence-corrected chi connectivity index (χ4v) is 3.24. The van der Waals surface area contributed by atoms with Crippen LogP contribution in [-0.4, -0.2) is 9.78 Å². The van der Waals surface area contributed by atoms with Gasteiger partial charge >= 0.3 is 0 Å². The van der Waals surface area contributed by atoms with E-state index in [9.17, 15) is 4.39 Å². The van der Waals surface area contributed by atoms with E-state index in [2.05, 4.69) is 32.4 Å². The van der Waals surface area contributed by atoms with Crippen LogP contribution >= 0.6 is 22.6 Å². The van der Waals surface area contributed by atoms with Crippen molar-refractivity contribution < 1.29 is 4.39 Å². The Balaban J connectivity index is 2.12. The van der Waals surface area contributed by atoms with Crippen molar-refractivity contribution in [2.45, 2.75) is 25.8 Å². The first-order valence-electron chi connectivity index (χ1n) is 5.77. The molecule has 1 aromatic heterocycles. The molecule has 0 N–H and O–H groups in total. The van der Waals surface area contributed by atoms with E-state index in [1.54, 1.807) is 12.1 Å². The summed E-state index contributed by atoms with van der Waals surface area (Å²) < 4.78 is 16.5. The van der Waals surface area contributed by atoms with Crippen LogP contribution in [0.5, 0.6) is 0 Å². The zero-order valence-electron chi connectivity index (χ0n) is 9.29. The fourth-order valence-electron chi connectivity index (χ4n) is 2.27. The third kappa shape index (κ3) is 1.99. The summed E-state index contributed by atoms with van der Waals surface area (Å²) in [6, 6.07) is 6.67. The largest absolute Gasteiger partial charge is 0.268 e. The van der Waals surface area contributed by atoms with E-state index in [0.29, 0.717) is 0 Å². The molecule has 0 unspecified atom stereocenters. The predicted molar refractivity (Wildman–Crippen MR) is 73.3 cm³/mol. The van der Waals surface area contributed by atoms with Crippen molar-refractivity contribution in [1.29, 1.82) is 0 Å². The molecule has 0 spiro atoms. The minimum atomic E-state index is -0.204. The van der Waals surface area contributed by atoms with E-state index in [0.717, 1.165) is 24.2 Å². The molecule has 2 aromatic rings. The third-order valence-corrected chi connectivity index (χ3v) is 4.26. The quantitative estimate of drug-likeness (QED) is 0.724. The van der Waals surface area contributed by atoms with E-state index < -0.39 is 0 Å². The van der Waals surface area contributed by atoms with Crippen molar-refractivity contribution in [3.63, 3.8) is 0 Å². The van der Waals surface area contributed by atoms with Crippen molar-refractivity contribution in [2.75, 3.05) is 0 Å². The average Bonchev–Trinajstić information content (AvgIpc) is 2.68. The van der Waals surface area contributed by atoms with Gasteiger partial charge < -0.3 is 0 Å². The summed E-state index contributed by atoms with van der Waals surface area (Å²) in [4.78, 5) is 0. The maximum atomic E-state index is 13.2. The van der Waals surface area contributed by atoms with Crippen molar-refractivity contribution in [3.8, 4) is 11.3 Å². The molecule has 1 aromatic carbocycles. The first-order chi connectivity index (χ1) is 8.25. The standard InChI is InChI=1S/C13H12FIN2/c14-10-5-3-4-9(8-10)13-12(15)11-6-1-2-7-17(11)16-13/h3-5,8H,1-2,6-7H2. The normalized spacial score (nSPS) is 14.7. The molecule has 0 radical (unpaired) electrons. The maximum Gasteiger partial charge on any atom is 0.123 e. The Morgan fingerprint density at radius 3 is 2.94 bits per heavy atom. The molecule has 0 amide bonds. The predicted octanol–water partition coefficient (Wildman–Crippen LogP) is 3.63. The molecular formula is C13H12FIN2. The number of hydrogen-bond acceptors (Lipinski definition) is 1. The van der Waals surface area contributed by atoms with Crippen LogP contribution < -0.4 is 0 Å². The summed E-state index contributed by atoms with van der Waals surface area (Å²) in [6.45, 7) is 0.987. The number of aromatic nitrogens is 2. The number of hydrogen-bond donors (Lipinski definition) is 0. The SMILES string of the molecule is Fc1cccc(-c2nn3c(c2I)CCCC3)c1. The lowest BCUT2D eigenvalue weighted by Crippen LogP contribution is -2.11. The summed E-state index contributed by atoms with van der Waals surface area (Å²) in [5.41, 5.74) is 3.09. The van der Waals surface area contributed by atoms with Gasteiger partial charge in [0.25, 0.3) is 0 Å². The molecule has 0 atom stereocenters. The average molecular weight is 342 g/mol. The van der Waals surface area contributed by atoms with Gasteiger partial charge in [0, 0.05) is 12.1 Å². The van der Waals surface area contributed by atoms with Gasteiger partial charge in [0.1, 0.15) is 11.5 Å². The molecule has 17 heavy (non-hydrogen) atoms. The molecular weight excluding hydrogens is 330 g/mol. The number of halogens is 2. The summed E-state index contributed by atoms with van der Waals surface area (Å²) in [6.07, 6.45) is 3.50. The van der Waals surface area contributed by atoms with Crippen molar-refractivity contribution in [1.82, 2.24) is 9.78 Å². The smallest absolute Gasteiger partial charge is 0.123 e. The van der Waals surface area contributed by atoms with E-state index in [1.165, 1.54) is 28.2 Å². The van der Waals surface area contributed by atoms with Crippen LogP contribution in [0.15, 0.2) is 24.3 Å². The van der Waals surface area contributed by atoms with Crippen LogP contribution in [0.2, 0.25) is 0 Å². The molecule has 1 aliphatic heterocycles. The van der Waals surface area contributed by atoms with Crippen molar-refractivity contribution in [2.24, 2.45) is 0 Å². The zero-order valence-corrected chi connectivity index (χ0v) is 11.4. The first-order valence-corrected chi connectivity index (χ1v) is 6.85. The lowest BCUT2D eigenvalue weighted by Gasteiger charge is -2.12. The Morgan fingerprint density at radius 2 is 2.18 bits per heavy atom. The van der Waals surface area contributed by atoms with Crippen LogP contribution in [0.1, 0.15) is 18.5 Å². The second kappa shape index (κ2) is 4.40. The lowest BCUT2D eigenvalue weighted by atomic mass is 10.1. The van der Waals surface area contributed by atoms with Crippen LogP contribution in [0.3, 0.4) is 0 Å².